The van der Waals surface area contributed by atoms with Gasteiger partial charge in [-0.2, -0.15) is 0 Å². The number of carbonyl (C=O) groups is 1. The van der Waals surface area contributed by atoms with Crippen LogP contribution >= 0.6 is 0 Å². The summed E-state index contributed by atoms with van der Waals surface area (Å²) in [5.74, 6) is 3.68. The summed E-state index contributed by atoms with van der Waals surface area (Å²) in [6.45, 7) is 4.75. The number of aliphatic imine (C=N–C) groups is 1. The molecule has 1 amide bonds. The van der Waals surface area contributed by atoms with Crippen LogP contribution in [0, 0.1) is 35.5 Å². The van der Waals surface area contributed by atoms with E-state index in [0.29, 0.717) is 49.0 Å². The van der Waals surface area contributed by atoms with Gasteiger partial charge in [-0.3, -0.25) is 9.79 Å². The van der Waals surface area contributed by atoms with Crippen LogP contribution in [-0.2, 0) is 14.3 Å². The summed E-state index contributed by atoms with van der Waals surface area (Å²) in [7, 11) is 3.53. The van der Waals surface area contributed by atoms with E-state index in [0.717, 1.165) is 76.7 Å². The van der Waals surface area contributed by atoms with Crippen molar-refractivity contribution in [3.63, 3.8) is 0 Å². The zero-order valence-corrected chi connectivity index (χ0v) is 22.1. The Balaban J connectivity index is 1.36. The molecule has 6 nitrogen and oxygen atoms in total. The Hall–Kier alpha value is -1.21. The van der Waals surface area contributed by atoms with Crippen molar-refractivity contribution in [1.29, 1.82) is 0 Å². The number of carbonyl (C=O) groups excluding carboxylic acids is 1. The zero-order valence-electron chi connectivity index (χ0n) is 22.1. The van der Waals surface area contributed by atoms with Crippen LogP contribution in [0.15, 0.2) is 4.99 Å². The molecule has 0 bridgehead atoms. The van der Waals surface area contributed by atoms with Gasteiger partial charge in [-0.1, -0.05) is 6.92 Å². The first-order chi connectivity index (χ1) is 16.9. The van der Waals surface area contributed by atoms with Crippen LogP contribution < -0.4 is 10.6 Å². The van der Waals surface area contributed by atoms with Crippen molar-refractivity contribution < 1.29 is 18.7 Å². The average molecular weight is 494 g/mol. The van der Waals surface area contributed by atoms with Crippen molar-refractivity contribution >= 4 is 11.7 Å². The van der Waals surface area contributed by atoms with Crippen LogP contribution in [0.3, 0.4) is 0 Å². The van der Waals surface area contributed by atoms with Gasteiger partial charge in [0, 0.05) is 46.2 Å². The molecule has 0 spiro atoms. The highest BCUT2D eigenvalue weighted by Crippen LogP contribution is 2.45. The molecule has 0 aromatic carbocycles. The van der Waals surface area contributed by atoms with Gasteiger partial charge in [-0.25, -0.2) is 4.39 Å². The molecule has 4 aliphatic rings. The topological polar surface area (TPSA) is 72.0 Å². The van der Waals surface area contributed by atoms with Gasteiger partial charge in [0.05, 0.1) is 18.0 Å². The number of nitrogens with one attached hydrogen (secondary N) is 2. The summed E-state index contributed by atoms with van der Waals surface area (Å²) >= 11 is 0. The molecule has 8 atom stereocenters. The number of halogens is 1. The molecule has 3 fully saturated rings. The van der Waals surface area contributed by atoms with E-state index in [2.05, 4.69) is 22.5 Å². The second-order valence-electron chi connectivity index (χ2n) is 11.9. The maximum Gasteiger partial charge on any atom is 0.223 e. The SMILES string of the molecule is COC1CC(CNC(=O)C2CC(CNC3=NCCC3)CC(C3CCC(F)CC3C)C2)CC(OC)C1. The lowest BCUT2D eigenvalue weighted by atomic mass is 9.63. The first kappa shape index (κ1) is 26.8. The fourth-order valence-corrected chi connectivity index (χ4v) is 7.48. The van der Waals surface area contributed by atoms with Crippen molar-refractivity contribution in [3.8, 4) is 0 Å². The minimum atomic E-state index is -0.649. The molecule has 35 heavy (non-hydrogen) atoms. The molecule has 0 aromatic rings. The second kappa shape index (κ2) is 12.8. The smallest absolute Gasteiger partial charge is 0.223 e. The van der Waals surface area contributed by atoms with Crippen LogP contribution in [0.25, 0.3) is 0 Å². The molecule has 1 aliphatic heterocycles. The third-order valence-electron chi connectivity index (χ3n) is 9.41. The maximum atomic E-state index is 14.0. The third kappa shape index (κ3) is 7.41. The molecular weight excluding hydrogens is 445 g/mol. The summed E-state index contributed by atoms with van der Waals surface area (Å²) in [4.78, 5) is 18.0. The number of amides is 1. The average Bonchev–Trinajstić information content (AvgIpc) is 3.39. The van der Waals surface area contributed by atoms with Crippen LogP contribution in [0.1, 0.15) is 77.6 Å². The monoisotopic (exact) mass is 493 g/mol. The highest BCUT2D eigenvalue weighted by atomic mass is 19.1. The van der Waals surface area contributed by atoms with Crippen molar-refractivity contribution in [2.75, 3.05) is 33.9 Å². The van der Waals surface area contributed by atoms with Gasteiger partial charge < -0.3 is 20.1 Å². The molecule has 2 N–H and O–H groups in total. The van der Waals surface area contributed by atoms with Crippen LogP contribution in [0.5, 0.6) is 0 Å². The summed E-state index contributed by atoms with van der Waals surface area (Å²) in [5, 5.41) is 6.91. The number of rotatable bonds is 8. The molecule has 3 aliphatic carbocycles. The Labute approximate surface area is 211 Å². The Bertz CT molecular complexity index is 708. The minimum absolute atomic E-state index is 0.0430. The molecule has 3 saturated carbocycles. The summed E-state index contributed by atoms with van der Waals surface area (Å²) in [6.07, 6.45) is 10.2. The summed E-state index contributed by atoms with van der Waals surface area (Å²) < 4.78 is 25.3. The van der Waals surface area contributed by atoms with Crippen molar-refractivity contribution in [2.24, 2.45) is 40.5 Å². The standard InChI is InChI=1S/C28H48FN3O3/c1-18-9-23(29)6-7-26(18)21-10-19(16-31-27-5-4-8-30-27)11-22(14-21)28(33)32-17-20-12-24(34-2)15-25(13-20)35-3/h18-26H,4-17H2,1-3H3,(H,30,31)(H,32,33). The molecule has 8 unspecified atom stereocenters. The fraction of sp³-hybridized carbons (Fsp3) is 0.929. The Morgan fingerprint density at radius 1 is 0.971 bits per heavy atom. The van der Waals surface area contributed by atoms with E-state index in [1.807, 2.05) is 0 Å². The zero-order chi connectivity index (χ0) is 24.8. The van der Waals surface area contributed by atoms with E-state index in [-0.39, 0.29) is 24.0 Å². The lowest BCUT2D eigenvalue weighted by Crippen LogP contribution is -2.44. The van der Waals surface area contributed by atoms with Crippen LogP contribution in [0.2, 0.25) is 0 Å². The molecular formula is C28H48FN3O3. The van der Waals surface area contributed by atoms with E-state index in [4.69, 9.17) is 9.47 Å². The molecule has 7 heteroatoms. The molecule has 1 heterocycles. The van der Waals surface area contributed by atoms with Gasteiger partial charge in [-0.15, -0.1) is 0 Å². The molecule has 4 rings (SSSR count). The molecule has 0 radical (unpaired) electrons. The summed E-state index contributed by atoms with van der Waals surface area (Å²) in [5.41, 5.74) is 0. The van der Waals surface area contributed by atoms with Gasteiger partial charge in [0.1, 0.15) is 6.17 Å². The fourth-order valence-electron chi connectivity index (χ4n) is 7.48. The van der Waals surface area contributed by atoms with E-state index in [9.17, 15) is 9.18 Å². The lowest BCUT2D eigenvalue weighted by Gasteiger charge is -2.43. The first-order valence-electron chi connectivity index (χ1n) is 14.2. The number of hydrogen-bond acceptors (Lipinski definition) is 5. The number of amidine groups is 1. The van der Waals surface area contributed by atoms with Crippen LogP contribution in [0.4, 0.5) is 4.39 Å². The number of nitrogens with zero attached hydrogens (tertiary/aromatic N) is 1. The Morgan fingerprint density at radius 2 is 1.71 bits per heavy atom. The molecule has 200 valence electrons. The molecule has 0 aromatic heterocycles. The van der Waals surface area contributed by atoms with E-state index >= 15 is 0 Å². The highest BCUT2D eigenvalue weighted by Gasteiger charge is 2.40. The number of alkyl halides is 1. The Morgan fingerprint density at radius 3 is 2.37 bits per heavy atom. The largest absolute Gasteiger partial charge is 0.381 e. The normalized spacial score (nSPS) is 40.2. The van der Waals surface area contributed by atoms with Crippen molar-refractivity contribution in [2.45, 2.75) is 95.9 Å². The number of ether oxygens (including phenoxy) is 2. The first-order valence-corrected chi connectivity index (χ1v) is 14.2. The predicted octanol–water partition coefficient (Wildman–Crippen LogP) is 4.52. The predicted molar refractivity (Wildman–Crippen MR) is 137 cm³/mol. The maximum absolute atomic E-state index is 14.0. The minimum Gasteiger partial charge on any atom is -0.381 e. The van der Waals surface area contributed by atoms with Crippen molar-refractivity contribution in [1.82, 2.24) is 10.6 Å². The molecule has 0 saturated heterocycles. The van der Waals surface area contributed by atoms with Gasteiger partial charge in [-0.05, 0) is 93.8 Å². The van der Waals surface area contributed by atoms with E-state index in [1.54, 1.807) is 14.2 Å². The van der Waals surface area contributed by atoms with Gasteiger partial charge in [0.15, 0.2) is 0 Å². The lowest BCUT2D eigenvalue weighted by molar-refractivity contribution is -0.128. The van der Waals surface area contributed by atoms with Gasteiger partial charge in [0.2, 0.25) is 5.91 Å². The number of methoxy groups -OCH3 is 2. The van der Waals surface area contributed by atoms with E-state index < -0.39 is 6.17 Å². The van der Waals surface area contributed by atoms with Crippen molar-refractivity contribution in [3.05, 3.63) is 0 Å². The summed E-state index contributed by atoms with van der Waals surface area (Å²) in [6, 6.07) is 0. The highest BCUT2D eigenvalue weighted by molar-refractivity contribution is 5.83. The van der Waals surface area contributed by atoms with E-state index in [1.165, 1.54) is 0 Å². The second-order valence-corrected chi connectivity index (χ2v) is 11.9. The third-order valence-corrected chi connectivity index (χ3v) is 9.41. The Kier molecular flexibility index (Phi) is 9.85. The van der Waals surface area contributed by atoms with Gasteiger partial charge in [0.25, 0.3) is 0 Å². The van der Waals surface area contributed by atoms with Gasteiger partial charge >= 0.3 is 0 Å². The van der Waals surface area contributed by atoms with Crippen LogP contribution in [-0.4, -0.2) is 64.0 Å². The quantitative estimate of drug-likeness (QED) is 0.521. The number of hydrogen-bond donors (Lipinski definition) is 2.